The number of benzene rings is 4. The topological polar surface area (TPSA) is 75.0 Å². The monoisotopic (exact) mass is 590 g/mol. The van der Waals surface area contributed by atoms with E-state index >= 15 is 0 Å². The van der Waals surface area contributed by atoms with Crippen molar-refractivity contribution in [2.24, 2.45) is 0 Å². The van der Waals surface area contributed by atoms with Crippen molar-refractivity contribution in [2.45, 2.75) is 26.4 Å². The highest BCUT2D eigenvalue weighted by molar-refractivity contribution is 9.10. The highest BCUT2D eigenvalue weighted by Crippen LogP contribution is 2.27. The second-order valence-corrected chi connectivity index (χ2v) is 10.2. The molecule has 6 rings (SSSR count). The van der Waals surface area contributed by atoms with Gasteiger partial charge in [-0.2, -0.15) is 0 Å². The first kappa shape index (κ1) is 28.8. The van der Waals surface area contributed by atoms with Crippen LogP contribution < -0.4 is 11.1 Å². The van der Waals surface area contributed by atoms with Crippen molar-refractivity contribution in [3.63, 3.8) is 0 Å². The van der Waals surface area contributed by atoms with Crippen LogP contribution in [-0.2, 0) is 18.9 Å². The lowest BCUT2D eigenvalue weighted by molar-refractivity contribution is -0.0443. The molecule has 2 aliphatic rings. The molecule has 0 spiro atoms. The quantitative estimate of drug-likeness (QED) is 0.236. The molecule has 0 unspecified atom stereocenters. The molecule has 0 aromatic heterocycles. The highest BCUT2D eigenvalue weighted by Gasteiger charge is 2.18. The summed E-state index contributed by atoms with van der Waals surface area (Å²) in [7, 11) is 0. The van der Waals surface area contributed by atoms with Crippen molar-refractivity contribution >= 4 is 33.0 Å². The van der Waals surface area contributed by atoms with Crippen LogP contribution in [-0.4, -0.2) is 26.4 Å². The predicted molar refractivity (Wildman–Crippen MR) is 160 cm³/mol. The average molecular weight is 592 g/mol. The molecule has 0 radical (unpaired) electrons. The van der Waals surface area contributed by atoms with Crippen molar-refractivity contribution in [1.82, 2.24) is 0 Å². The van der Waals surface area contributed by atoms with E-state index in [1.807, 2.05) is 79.7 Å². The molecular weight excluding hydrogens is 556 g/mol. The minimum absolute atomic E-state index is 0.164. The fourth-order valence-corrected chi connectivity index (χ4v) is 4.49. The third-order valence-electron chi connectivity index (χ3n) is 5.87. The molecular formula is C32H35BrN2O4. The molecule has 0 amide bonds. The number of rotatable bonds is 4. The van der Waals surface area contributed by atoms with Crippen LogP contribution in [0.4, 0.5) is 17.1 Å². The summed E-state index contributed by atoms with van der Waals surface area (Å²) in [6, 6.07) is 32.2. The third kappa shape index (κ3) is 9.49. The molecule has 2 heterocycles. The van der Waals surface area contributed by atoms with Gasteiger partial charge < -0.3 is 30.0 Å². The van der Waals surface area contributed by atoms with Gasteiger partial charge in [-0.3, -0.25) is 0 Å². The summed E-state index contributed by atoms with van der Waals surface area (Å²) in [6.45, 7) is 6.83. The molecule has 4 aromatic carbocycles. The smallest absolute Gasteiger partial charge is 0.184 e. The Hall–Kier alpha value is -3.20. The second-order valence-electron chi connectivity index (χ2n) is 9.24. The normalized spacial score (nSPS) is 15.2. The minimum atomic E-state index is -0.223. The predicted octanol–water partition coefficient (Wildman–Crippen LogP) is 7.86. The summed E-state index contributed by atoms with van der Waals surface area (Å²) in [5.41, 5.74) is 13.0. The van der Waals surface area contributed by atoms with E-state index in [2.05, 4.69) is 52.4 Å². The molecule has 0 aliphatic carbocycles. The summed E-state index contributed by atoms with van der Waals surface area (Å²) in [5, 5.41) is 3.40. The van der Waals surface area contributed by atoms with E-state index < -0.39 is 0 Å². The fourth-order valence-electron chi connectivity index (χ4n) is 4.08. The number of ether oxygens (including phenoxy) is 4. The van der Waals surface area contributed by atoms with Crippen LogP contribution in [0.3, 0.4) is 0 Å². The molecule has 7 heteroatoms. The number of hydrogen-bond donors (Lipinski definition) is 2. The van der Waals surface area contributed by atoms with Crippen molar-refractivity contribution < 1.29 is 18.9 Å². The van der Waals surface area contributed by atoms with E-state index in [0.717, 1.165) is 32.7 Å². The van der Waals surface area contributed by atoms with Gasteiger partial charge in [0.25, 0.3) is 0 Å². The minimum Gasteiger partial charge on any atom is -0.399 e. The Morgan fingerprint density at radius 3 is 1.62 bits per heavy atom. The Labute approximate surface area is 239 Å². The number of nitrogen functional groups attached to an aromatic ring is 1. The van der Waals surface area contributed by atoms with Crippen LogP contribution in [0.1, 0.15) is 34.8 Å². The molecule has 6 nitrogen and oxygen atoms in total. The summed E-state index contributed by atoms with van der Waals surface area (Å²) in [6.07, 6.45) is -0.387. The Balaban J connectivity index is 0.000000150. The van der Waals surface area contributed by atoms with Gasteiger partial charge in [-0.05, 0) is 73.5 Å². The zero-order chi connectivity index (χ0) is 27.5. The number of hydrogen-bond acceptors (Lipinski definition) is 6. The van der Waals surface area contributed by atoms with E-state index in [4.69, 9.17) is 24.7 Å². The van der Waals surface area contributed by atoms with Crippen LogP contribution in [0.25, 0.3) is 0 Å². The van der Waals surface area contributed by atoms with Gasteiger partial charge in [-0.25, -0.2) is 0 Å². The highest BCUT2D eigenvalue weighted by atomic mass is 79.9. The van der Waals surface area contributed by atoms with Gasteiger partial charge in [0.15, 0.2) is 12.6 Å². The third-order valence-corrected chi connectivity index (χ3v) is 6.37. The molecule has 4 aromatic rings. The lowest BCUT2D eigenvalue weighted by Gasteiger charge is -2.12. The summed E-state index contributed by atoms with van der Waals surface area (Å²) in [5.74, 6) is 0. The summed E-state index contributed by atoms with van der Waals surface area (Å²) < 4.78 is 22.8. The number of aryl methyl sites for hydroxylation is 2. The van der Waals surface area contributed by atoms with E-state index in [9.17, 15) is 0 Å². The first-order valence-electron chi connectivity index (χ1n) is 12.9. The van der Waals surface area contributed by atoms with E-state index in [-0.39, 0.29) is 12.6 Å². The molecule has 3 N–H and O–H groups in total. The fraction of sp³-hybridized carbons (Fsp3) is 0.250. The van der Waals surface area contributed by atoms with Crippen LogP contribution in [0, 0.1) is 13.8 Å². The van der Waals surface area contributed by atoms with E-state index in [0.29, 0.717) is 26.4 Å². The van der Waals surface area contributed by atoms with Gasteiger partial charge in [-0.1, -0.05) is 64.5 Å². The zero-order valence-electron chi connectivity index (χ0n) is 22.3. The number of nitrogens with two attached hydrogens (primary N) is 1. The molecule has 39 heavy (non-hydrogen) atoms. The number of halogens is 1. The molecule has 2 fully saturated rings. The first-order chi connectivity index (χ1) is 19.0. The molecule has 0 saturated carbocycles. The van der Waals surface area contributed by atoms with Gasteiger partial charge in [0, 0.05) is 32.7 Å². The molecule has 0 bridgehead atoms. The Morgan fingerprint density at radius 2 is 1.10 bits per heavy atom. The standard InChI is InChI=1S/C16H17NO2.C9H9BrO2.C7H9N/c1-12-4-2-6-14(10-12)17-15-7-3-5-13(11-15)16-18-8-9-19-16;10-8-3-1-2-7(6-8)9-11-4-5-12-9;1-6-3-2-4-7(8)5-6/h2-7,10-11,16-17H,8-9H2,1H3;1-3,6,9H,4-5H2;2-5H,8H2,1H3. The van der Waals surface area contributed by atoms with Crippen LogP contribution in [0.5, 0.6) is 0 Å². The van der Waals surface area contributed by atoms with Crippen molar-refractivity contribution in [3.8, 4) is 0 Å². The molecule has 2 saturated heterocycles. The average Bonchev–Trinajstić information content (AvgIpc) is 3.65. The van der Waals surface area contributed by atoms with E-state index in [1.165, 1.54) is 11.1 Å². The number of nitrogens with one attached hydrogen (secondary N) is 1. The van der Waals surface area contributed by atoms with E-state index in [1.54, 1.807) is 0 Å². The number of anilines is 3. The van der Waals surface area contributed by atoms with Crippen molar-refractivity contribution in [1.29, 1.82) is 0 Å². The molecule has 2 aliphatic heterocycles. The lowest BCUT2D eigenvalue weighted by Crippen LogP contribution is -1.99. The summed E-state index contributed by atoms with van der Waals surface area (Å²) >= 11 is 3.40. The first-order valence-corrected chi connectivity index (χ1v) is 13.7. The SMILES string of the molecule is Brc1cccc(C2OCCO2)c1.Cc1cccc(N)c1.Cc1cccc(Nc2cccc(C3OCCO3)c2)c1. The van der Waals surface area contributed by atoms with Gasteiger partial charge in [0.05, 0.1) is 26.4 Å². The molecule has 204 valence electrons. The van der Waals surface area contributed by atoms with Crippen LogP contribution in [0.2, 0.25) is 0 Å². The van der Waals surface area contributed by atoms with Gasteiger partial charge >= 0.3 is 0 Å². The van der Waals surface area contributed by atoms with Crippen molar-refractivity contribution in [3.05, 3.63) is 124 Å². The Bertz CT molecular complexity index is 1300. The maximum atomic E-state index is 5.51. The van der Waals surface area contributed by atoms with Crippen molar-refractivity contribution in [2.75, 3.05) is 37.5 Å². The van der Waals surface area contributed by atoms with Gasteiger partial charge in [0.1, 0.15) is 0 Å². The maximum Gasteiger partial charge on any atom is 0.184 e. The Morgan fingerprint density at radius 1 is 0.615 bits per heavy atom. The summed E-state index contributed by atoms with van der Waals surface area (Å²) in [4.78, 5) is 0. The van der Waals surface area contributed by atoms with Crippen LogP contribution >= 0.6 is 15.9 Å². The lowest BCUT2D eigenvalue weighted by atomic mass is 10.1. The zero-order valence-corrected chi connectivity index (χ0v) is 23.9. The van der Waals surface area contributed by atoms with Crippen LogP contribution in [0.15, 0.2) is 102 Å². The van der Waals surface area contributed by atoms with Gasteiger partial charge in [-0.15, -0.1) is 0 Å². The second kappa shape index (κ2) is 14.8. The largest absolute Gasteiger partial charge is 0.399 e. The molecule has 0 atom stereocenters. The maximum absolute atomic E-state index is 5.51. The van der Waals surface area contributed by atoms with Gasteiger partial charge in [0.2, 0.25) is 0 Å². The Kier molecular flexibility index (Phi) is 10.9.